The fourth-order valence-corrected chi connectivity index (χ4v) is 2.68. The number of hydrogen-bond donors (Lipinski definition) is 4. The van der Waals surface area contributed by atoms with Crippen LogP contribution in [0.4, 0.5) is 5.69 Å². The van der Waals surface area contributed by atoms with Crippen LogP contribution in [0.1, 0.15) is 34.1 Å². The summed E-state index contributed by atoms with van der Waals surface area (Å²) >= 11 is 0. The first-order valence-corrected chi connectivity index (χ1v) is 9.44. The Morgan fingerprint density at radius 3 is 2.26 bits per heavy atom. The van der Waals surface area contributed by atoms with Crippen LogP contribution in [0.2, 0.25) is 0 Å². The molecule has 1 rings (SSSR count). The topological polar surface area (TPSA) is 90.5 Å². The highest BCUT2D eigenvalue weighted by Gasteiger charge is 2.28. The maximum absolute atomic E-state index is 12.8. The molecule has 0 saturated carbocycles. The number of nitrogens with one attached hydrogen (secondary N) is 3. The summed E-state index contributed by atoms with van der Waals surface area (Å²) in [6.07, 6.45) is 1.22. The van der Waals surface area contributed by atoms with Crippen molar-refractivity contribution in [2.75, 3.05) is 11.9 Å². The third-order valence-electron chi connectivity index (χ3n) is 4.15. The molecule has 0 aromatic heterocycles. The minimum Gasteiger partial charge on any atom is -0.388 e. The zero-order chi connectivity index (χ0) is 20.4. The molecule has 2 amide bonds. The van der Waals surface area contributed by atoms with Crippen LogP contribution < -0.4 is 16.0 Å². The van der Waals surface area contributed by atoms with E-state index in [0.717, 1.165) is 0 Å². The molecule has 0 bridgehead atoms. The molecule has 0 aliphatic heterocycles. The highest BCUT2D eigenvalue weighted by molar-refractivity contribution is 5.97. The summed E-state index contributed by atoms with van der Waals surface area (Å²) in [5.74, 6) is -0.254. The minimum atomic E-state index is -0.730. The smallest absolute Gasteiger partial charge is 0.246 e. The molecule has 1 aromatic carbocycles. The van der Waals surface area contributed by atoms with Crippen molar-refractivity contribution in [1.82, 2.24) is 10.6 Å². The van der Waals surface area contributed by atoms with Gasteiger partial charge in [0.1, 0.15) is 6.04 Å². The van der Waals surface area contributed by atoms with Crippen molar-refractivity contribution in [3.8, 4) is 0 Å². The Morgan fingerprint density at radius 2 is 1.74 bits per heavy atom. The first kappa shape index (κ1) is 22.9. The zero-order valence-corrected chi connectivity index (χ0v) is 16.7. The largest absolute Gasteiger partial charge is 0.388 e. The Morgan fingerprint density at radius 1 is 1.11 bits per heavy atom. The molecule has 4 N–H and O–H groups in total. The van der Waals surface area contributed by atoms with Gasteiger partial charge in [0, 0.05) is 12.2 Å². The summed E-state index contributed by atoms with van der Waals surface area (Å²) in [6.45, 7) is 11.6. The minimum absolute atomic E-state index is 0.00102. The van der Waals surface area contributed by atoms with Crippen LogP contribution in [0, 0.1) is 11.8 Å². The second-order valence-corrected chi connectivity index (χ2v) is 7.48. The quantitative estimate of drug-likeness (QED) is 0.447. The standard InChI is InChI=1S/C21H33N3O3/c1-6-17(25)13-22-19(15(4)5)21(27)24-18(12-14(2)3)20(26)23-16-10-8-7-9-11-16/h6-11,14-15,17-19,22,25H,1,12-13H2,2-5H3,(H,23,26)(H,24,27). The highest BCUT2D eigenvalue weighted by atomic mass is 16.3. The molecule has 0 saturated heterocycles. The molecule has 0 fully saturated rings. The van der Waals surface area contributed by atoms with Crippen molar-refractivity contribution < 1.29 is 14.7 Å². The summed E-state index contributed by atoms with van der Waals surface area (Å²) in [7, 11) is 0. The molecular weight excluding hydrogens is 342 g/mol. The summed E-state index contributed by atoms with van der Waals surface area (Å²) in [5, 5.41) is 18.4. The van der Waals surface area contributed by atoms with Crippen LogP contribution in [-0.2, 0) is 9.59 Å². The van der Waals surface area contributed by atoms with Gasteiger partial charge in [-0.25, -0.2) is 0 Å². The van der Waals surface area contributed by atoms with Crippen molar-refractivity contribution in [3.05, 3.63) is 43.0 Å². The maximum atomic E-state index is 12.8. The van der Waals surface area contributed by atoms with E-state index in [2.05, 4.69) is 22.5 Å². The maximum Gasteiger partial charge on any atom is 0.246 e. The molecule has 27 heavy (non-hydrogen) atoms. The third-order valence-corrected chi connectivity index (χ3v) is 4.15. The second-order valence-electron chi connectivity index (χ2n) is 7.48. The van der Waals surface area contributed by atoms with Crippen LogP contribution in [0.25, 0.3) is 0 Å². The van der Waals surface area contributed by atoms with Gasteiger partial charge in [0.05, 0.1) is 12.1 Å². The number of benzene rings is 1. The molecule has 3 atom stereocenters. The van der Waals surface area contributed by atoms with Crippen LogP contribution in [0.15, 0.2) is 43.0 Å². The van der Waals surface area contributed by atoms with Crippen LogP contribution >= 0.6 is 0 Å². The van der Waals surface area contributed by atoms with E-state index in [1.54, 1.807) is 12.1 Å². The summed E-state index contributed by atoms with van der Waals surface area (Å²) in [6, 6.07) is 8.02. The molecule has 6 heteroatoms. The van der Waals surface area contributed by atoms with Gasteiger partial charge >= 0.3 is 0 Å². The predicted molar refractivity (Wildman–Crippen MR) is 109 cm³/mol. The van der Waals surface area contributed by atoms with E-state index < -0.39 is 18.2 Å². The monoisotopic (exact) mass is 375 g/mol. The van der Waals surface area contributed by atoms with Crippen molar-refractivity contribution in [2.24, 2.45) is 11.8 Å². The van der Waals surface area contributed by atoms with Gasteiger partial charge in [-0.3, -0.25) is 9.59 Å². The average Bonchev–Trinajstić information content (AvgIpc) is 2.61. The van der Waals surface area contributed by atoms with E-state index in [0.29, 0.717) is 12.1 Å². The van der Waals surface area contributed by atoms with Gasteiger partial charge in [-0.15, -0.1) is 6.58 Å². The average molecular weight is 376 g/mol. The zero-order valence-electron chi connectivity index (χ0n) is 16.7. The summed E-state index contributed by atoms with van der Waals surface area (Å²) < 4.78 is 0. The number of carbonyl (C=O) groups excluding carboxylic acids is 2. The molecule has 0 spiro atoms. The van der Waals surface area contributed by atoms with Gasteiger partial charge in [0.2, 0.25) is 11.8 Å². The second kappa shape index (κ2) is 11.5. The Labute approximate surface area is 162 Å². The number of carbonyl (C=O) groups is 2. The van der Waals surface area contributed by atoms with E-state index in [1.807, 2.05) is 45.9 Å². The fourth-order valence-electron chi connectivity index (χ4n) is 2.68. The lowest BCUT2D eigenvalue weighted by Gasteiger charge is -2.26. The highest BCUT2D eigenvalue weighted by Crippen LogP contribution is 2.11. The molecule has 0 aliphatic carbocycles. The number of rotatable bonds is 11. The molecule has 3 unspecified atom stereocenters. The van der Waals surface area contributed by atoms with Crippen molar-refractivity contribution in [2.45, 2.75) is 52.3 Å². The van der Waals surface area contributed by atoms with Gasteiger partial charge in [-0.1, -0.05) is 52.0 Å². The van der Waals surface area contributed by atoms with E-state index in [-0.39, 0.29) is 30.2 Å². The summed E-state index contributed by atoms with van der Waals surface area (Å²) in [4.78, 5) is 25.5. The Bertz CT molecular complexity index is 602. The molecule has 150 valence electrons. The van der Waals surface area contributed by atoms with Crippen molar-refractivity contribution in [3.63, 3.8) is 0 Å². The predicted octanol–water partition coefficient (Wildman–Crippen LogP) is 2.32. The molecule has 6 nitrogen and oxygen atoms in total. The van der Waals surface area contributed by atoms with Crippen LogP contribution in [-0.4, -0.2) is 41.7 Å². The van der Waals surface area contributed by atoms with Gasteiger partial charge in [0.15, 0.2) is 0 Å². The first-order chi connectivity index (χ1) is 12.7. The van der Waals surface area contributed by atoms with Crippen molar-refractivity contribution in [1.29, 1.82) is 0 Å². The lowest BCUT2D eigenvalue weighted by atomic mass is 9.99. The van der Waals surface area contributed by atoms with Crippen molar-refractivity contribution >= 4 is 17.5 Å². The molecule has 0 radical (unpaired) electrons. The number of hydrogen-bond acceptors (Lipinski definition) is 4. The number of aliphatic hydroxyl groups is 1. The molecule has 0 aliphatic rings. The Balaban J connectivity index is 2.81. The number of para-hydroxylation sites is 1. The fraction of sp³-hybridized carbons (Fsp3) is 0.524. The van der Waals surface area contributed by atoms with E-state index in [9.17, 15) is 14.7 Å². The molecule has 1 aromatic rings. The Hall–Kier alpha value is -2.18. The Kier molecular flexibility index (Phi) is 9.75. The number of amides is 2. The van der Waals surface area contributed by atoms with Gasteiger partial charge in [-0.05, 0) is 30.4 Å². The summed E-state index contributed by atoms with van der Waals surface area (Å²) in [5.41, 5.74) is 0.693. The third kappa shape index (κ3) is 8.37. The van der Waals surface area contributed by atoms with Crippen LogP contribution in [0.3, 0.4) is 0 Å². The van der Waals surface area contributed by atoms with E-state index in [1.165, 1.54) is 6.08 Å². The lowest BCUT2D eigenvalue weighted by molar-refractivity contribution is -0.129. The van der Waals surface area contributed by atoms with Gasteiger partial charge < -0.3 is 21.1 Å². The first-order valence-electron chi connectivity index (χ1n) is 9.44. The number of anilines is 1. The van der Waals surface area contributed by atoms with E-state index in [4.69, 9.17) is 0 Å². The number of aliphatic hydroxyl groups excluding tert-OH is 1. The molecular formula is C21H33N3O3. The molecule has 0 heterocycles. The van der Waals surface area contributed by atoms with Crippen LogP contribution in [0.5, 0.6) is 0 Å². The lowest BCUT2D eigenvalue weighted by Crippen LogP contribution is -2.54. The van der Waals surface area contributed by atoms with Gasteiger partial charge in [-0.2, -0.15) is 0 Å². The van der Waals surface area contributed by atoms with Gasteiger partial charge in [0.25, 0.3) is 0 Å². The SMILES string of the molecule is C=CC(O)CNC(C(=O)NC(CC(C)C)C(=O)Nc1ccccc1)C(C)C. The van der Waals surface area contributed by atoms with E-state index >= 15 is 0 Å². The normalized spacial score (nSPS) is 14.5.